The van der Waals surface area contributed by atoms with E-state index in [-0.39, 0.29) is 0 Å². The molecule has 0 unspecified atom stereocenters. The van der Waals surface area contributed by atoms with Crippen molar-refractivity contribution in [1.82, 2.24) is 20.0 Å². The Balaban J connectivity index is 2.39. The lowest BCUT2D eigenvalue weighted by molar-refractivity contribution is 0.772. The Morgan fingerprint density at radius 3 is 2.53 bits per heavy atom. The third-order valence-electron chi connectivity index (χ3n) is 2.71. The van der Waals surface area contributed by atoms with Crippen molar-refractivity contribution in [2.24, 2.45) is 7.05 Å². The minimum Gasteiger partial charge on any atom is -0.266 e. The fraction of sp³-hybridized carbons (Fsp3) is 0.0833. The number of halogens is 1. The van der Waals surface area contributed by atoms with E-state index in [0.29, 0.717) is 5.15 Å². The molecule has 5 heteroatoms. The maximum atomic E-state index is 6.03. The molecule has 0 N–H and O–H groups in total. The molecule has 3 aromatic rings. The van der Waals surface area contributed by atoms with Crippen LogP contribution in [0.15, 0.2) is 36.5 Å². The first-order chi connectivity index (χ1) is 8.27. The molecule has 0 aliphatic heterocycles. The highest BCUT2D eigenvalue weighted by atomic mass is 35.5. The summed E-state index contributed by atoms with van der Waals surface area (Å²) >= 11 is 6.03. The summed E-state index contributed by atoms with van der Waals surface area (Å²) in [6.07, 6.45) is 1.74. The van der Waals surface area contributed by atoms with Crippen LogP contribution >= 0.6 is 11.6 Å². The summed E-state index contributed by atoms with van der Waals surface area (Å²) in [6, 6.07) is 9.72. The molecule has 0 saturated carbocycles. The number of hydrogen-bond donors (Lipinski definition) is 0. The Kier molecular flexibility index (Phi) is 2.30. The van der Waals surface area contributed by atoms with E-state index >= 15 is 0 Å². The molecular formula is C12H9ClN4. The molecule has 4 nitrogen and oxygen atoms in total. The number of nitrogens with zero attached hydrogens (tertiary/aromatic N) is 4. The third-order valence-corrected chi connectivity index (χ3v) is 2.98. The van der Waals surface area contributed by atoms with E-state index in [4.69, 9.17) is 11.6 Å². The van der Waals surface area contributed by atoms with Crippen LogP contribution in [0.3, 0.4) is 0 Å². The highest BCUT2D eigenvalue weighted by Gasteiger charge is 2.11. The summed E-state index contributed by atoms with van der Waals surface area (Å²) in [6.45, 7) is 0. The van der Waals surface area contributed by atoms with Crippen molar-refractivity contribution in [3.8, 4) is 11.4 Å². The molecule has 17 heavy (non-hydrogen) atoms. The van der Waals surface area contributed by atoms with Crippen molar-refractivity contribution in [2.75, 3.05) is 0 Å². The third kappa shape index (κ3) is 1.57. The molecule has 2 aromatic heterocycles. The number of hydrogen-bond acceptors (Lipinski definition) is 3. The van der Waals surface area contributed by atoms with Crippen molar-refractivity contribution in [3.63, 3.8) is 0 Å². The molecule has 0 radical (unpaired) electrons. The number of benzene rings is 1. The fourth-order valence-corrected chi connectivity index (χ4v) is 2.07. The second kappa shape index (κ2) is 3.82. The van der Waals surface area contributed by atoms with Crippen LogP contribution in [0, 0.1) is 0 Å². The largest absolute Gasteiger partial charge is 0.266 e. The molecule has 0 bridgehead atoms. The maximum Gasteiger partial charge on any atom is 0.159 e. The first kappa shape index (κ1) is 10.2. The molecule has 0 spiro atoms. The summed E-state index contributed by atoms with van der Waals surface area (Å²) < 4.78 is 1.77. The van der Waals surface area contributed by atoms with Gasteiger partial charge in [0, 0.05) is 24.0 Å². The van der Waals surface area contributed by atoms with Crippen molar-refractivity contribution < 1.29 is 0 Å². The van der Waals surface area contributed by atoms with Crippen LogP contribution in [-0.2, 0) is 7.05 Å². The molecule has 0 aliphatic rings. The molecule has 2 heterocycles. The standard InChI is InChI=1S/C12H9ClN4/c1-17-10(6-7-14-17)11-8-4-2-3-5-9(8)12(13)16-15-11/h2-7H,1H3. The van der Waals surface area contributed by atoms with E-state index in [1.807, 2.05) is 37.4 Å². The average Bonchev–Trinajstić information content (AvgIpc) is 2.77. The van der Waals surface area contributed by atoms with E-state index in [0.717, 1.165) is 22.2 Å². The number of rotatable bonds is 1. The average molecular weight is 245 g/mol. The van der Waals surface area contributed by atoms with E-state index in [1.165, 1.54) is 0 Å². The quantitative estimate of drug-likeness (QED) is 0.661. The topological polar surface area (TPSA) is 43.6 Å². The number of fused-ring (bicyclic) bond motifs is 1. The molecule has 0 aliphatic carbocycles. The molecule has 0 fully saturated rings. The zero-order chi connectivity index (χ0) is 11.8. The molecular weight excluding hydrogens is 236 g/mol. The van der Waals surface area contributed by atoms with Gasteiger partial charge in [-0.15, -0.1) is 10.2 Å². The lowest BCUT2D eigenvalue weighted by Crippen LogP contribution is -1.98. The van der Waals surface area contributed by atoms with Gasteiger partial charge in [-0.3, -0.25) is 4.68 Å². The summed E-state index contributed by atoms with van der Waals surface area (Å²) in [5, 5.41) is 14.6. The van der Waals surface area contributed by atoms with Crippen LogP contribution in [0.5, 0.6) is 0 Å². The summed E-state index contributed by atoms with van der Waals surface area (Å²) in [7, 11) is 1.88. The molecule has 0 atom stereocenters. The number of aryl methyl sites for hydroxylation is 1. The molecule has 84 valence electrons. The summed E-state index contributed by atoms with van der Waals surface area (Å²) in [4.78, 5) is 0. The summed E-state index contributed by atoms with van der Waals surface area (Å²) in [5.41, 5.74) is 1.72. The van der Waals surface area contributed by atoms with Crippen molar-refractivity contribution >= 4 is 22.4 Å². The van der Waals surface area contributed by atoms with Crippen LogP contribution in [0.1, 0.15) is 0 Å². The minimum absolute atomic E-state index is 0.423. The maximum absolute atomic E-state index is 6.03. The van der Waals surface area contributed by atoms with Gasteiger partial charge in [0.1, 0.15) is 5.69 Å². The van der Waals surface area contributed by atoms with Crippen LogP contribution in [0.25, 0.3) is 22.2 Å². The zero-order valence-corrected chi connectivity index (χ0v) is 9.89. The zero-order valence-electron chi connectivity index (χ0n) is 9.13. The van der Waals surface area contributed by atoms with E-state index in [9.17, 15) is 0 Å². The smallest absolute Gasteiger partial charge is 0.159 e. The Bertz CT molecular complexity index is 690. The van der Waals surface area contributed by atoms with Gasteiger partial charge in [0.05, 0.1) is 5.69 Å². The van der Waals surface area contributed by atoms with Crippen LogP contribution in [0.4, 0.5) is 0 Å². The van der Waals surface area contributed by atoms with E-state index < -0.39 is 0 Å². The molecule has 0 saturated heterocycles. The second-order valence-electron chi connectivity index (χ2n) is 3.73. The van der Waals surface area contributed by atoms with Gasteiger partial charge in [0.2, 0.25) is 0 Å². The van der Waals surface area contributed by atoms with Gasteiger partial charge in [0.15, 0.2) is 5.15 Å². The Morgan fingerprint density at radius 2 is 1.82 bits per heavy atom. The highest BCUT2D eigenvalue weighted by Crippen LogP contribution is 2.28. The van der Waals surface area contributed by atoms with Crippen LogP contribution in [0.2, 0.25) is 5.15 Å². The van der Waals surface area contributed by atoms with Gasteiger partial charge in [0.25, 0.3) is 0 Å². The first-order valence-corrected chi connectivity index (χ1v) is 5.54. The predicted octanol–water partition coefficient (Wildman–Crippen LogP) is 2.68. The van der Waals surface area contributed by atoms with Gasteiger partial charge in [-0.05, 0) is 6.07 Å². The SMILES string of the molecule is Cn1nccc1-c1nnc(Cl)c2ccccc12. The van der Waals surface area contributed by atoms with Gasteiger partial charge >= 0.3 is 0 Å². The molecule has 0 amide bonds. The van der Waals surface area contributed by atoms with Gasteiger partial charge in [-0.2, -0.15) is 5.10 Å². The predicted molar refractivity (Wildman–Crippen MR) is 66.8 cm³/mol. The molecule has 1 aromatic carbocycles. The van der Waals surface area contributed by atoms with Gasteiger partial charge in [-0.25, -0.2) is 0 Å². The lowest BCUT2D eigenvalue weighted by atomic mass is 10.1. The van der Waals surface area contributed by atoms with Crippen LogP contribution in [-0.4, -0.2) is 20.0 Å². The van der Waals surface area contributed by atoms with Crippen molar-refractivity contribution in [3.05, 3.63) is 41.7 Å². The Hall–Kier alpha value is -1.94. The summed E-state index contributed by atoms with van der Waals surface area (Å²) in [5.74, 6) is 0. The highest BCUT2D eigenvalue weighted by molar-refractivity contribution is 6.34. The van der Waals surface area contributed by atoms with E-state index in [2.05, 4.69) is 15.3 Å². The minimum atomic E-state index is 0.423. The van der Waals surface area contributed by atoms with Crippen LogP contribution < -0.4 is 0 Å². The van der Waals surface area contributed by atoms with Crippen molar-refractivity contribution in [1.29, 1.82) is 0 Å². The Labute approximate surface area is 103 Å². The second-order valence-corrected chi connectivity index (χ2v) is 4.08. The number of aromatic nitrogens is 4. The van der Waals surface area contributed by atoms with Gasteiger partial charge < -0.3 is 0 Å². The van der Waals surface area contributed by atoms with Crippen molar-refractivity contribution in [2.45, 2.75) is 0 Å². The lowest BCUT2D eigenvalue weighted by Gasteiger charge is -2.05. The Morgan fingerprint density at radius 1 is 1.06 bits per heavy atom. The monoisotopic (exact) mass is 244 g/mol. The molecule has 3 rings (SSSR count). The first-order valence-electron chi connectivity index (χ1n) is 5.16. The normalized spacial score (nSPS) is 10.9. The van der Waals surface area contributed by atoms with E-state index in [1.54, 1.807) is 10.9 Å². The fourth-order valence-electron chi connectivity index (χ4n) is 1.87. The van der Waals surface area contributed by atoms with Gasteiger partial charge in [-0.1, -0.05) is 35.9 Å².